The Kier molecular flexibility index (Phi) is 11.1. The van der Waals surface area contributed by atoms with E-state index in [4.69, 9.17) is 23.2 Å². The molecule has 0 radical (unpaired) electrons. The van der Waals surface area contributed by atoms with E-state index < -0.39 is 28.5 Å². The van der Waals surface area contributed by atoms with E-state index in [2.05, 4.69) is 5.32 Å². The smallest absolute Gasteiger partial charge is 0.264 e. The summed E-state index contributed by atoms with van der Waals surface area (Å²) in [4.78, 5) is 29.5. The number of anilines is 1. The Morgan fingerprint density at radius 1 is 0.795 bits per heavy atom. The first-order valence-electron chi connectivity index (χ1n) is 14.2. The fraction of sp³-hybridized carbons (Fsp3) is 0.235. The van der Waals surface area contributed by atoms with E-state index in [1.807, 2.05) is 50.2 Å². The molecule has 0 aromatic heterocycles. The van der Waals surface area contributed by atoms with Gasteiger partial charge in [0.2, 0.25) is 11.8 Å². The van der Waals surface area contributed by atoms with Crippen molar-refractivity contribution < 1.29 is 18.0 Å². The summed E-state index contributed by atoms with van der Waals surface area (Å²) >= 11 is 12.5. The zero-order chi connectivity index (χ0) is 31.9. The average molecular weight is 653 g/mol. The minimum atomic E-state index is -4.17. The lowest BCUT2D eigenvalue weighted by Gasteiger charge is -2.34. The number of hydrogen-bond acceptors (Lipinski definition) is 4. The Balaban J connectivity index is 1.82. The second-order valence-electron chi connectivity index (χ2n) is 10.5. The molecule has 0 saturated carbocycles. The van der Waals surface area contributed by atoms with E-state index in [1.54, 1.807) is 55.5 Å². The van der Waals surface area contributed by atoms with E-state index in [9.17, 15) is 18.0 Å². The van der Waals surface area contributed by atoms with Gasteiger partial charge in [0.05, 0.1) is 20.6 Å². The standard InChI is InChI=1S/C34H35Cl2N3O4S/c1-4-37-34(41)32(21-26-11-7-5-8-12-26)38(22-27-16-18-30(35)31(36)20-27)33(40)23-39(28-17-15-24(2)25(3)19-28)44(42,43)29-13-9-6-10-14-29/h5-20,32H,4,21-23H2,1-3H3,(H,37,41). The highest BCUT2D eigenvalue weighted by atomic mass is 35.5. The molecule has 7 nitrogen and oxygen atoms in total. The van der Waals surface area contributed by atoms with Crippen LogP contribution in [-0.4, -0.2) is 44.3 Å². The van der Waals surface area contributed by atoms with Crippen LogP contribution in [0.4, 0.5) is 5.69 Å². The highest BCUT2D eigenvalue weighted by molar-refractivity contribution is 7.92. The van der Waals surface area contributed by atoms with Crippen LogP contribution in [0.5, 0.6) is 0 Å². The quantitative estimate of drug-likeness (QED) is 0.187. The second-order valence-corrected chi connectivity index (χ2v) is 13.1. The molecule has 4 rings (SSSR count). The van der Waals surface area contributed by atoms with Gasteiger partial charge in [-0.15, -0.1) is 0 Å². The van der Waals surface area contributed by atoms with Gasteiger partial charge >= 0.3 is 0 Å². The maximum absolute atomic E-state index is 14.4. The lowest BCUT2D eigenvalue weighted by Crippen LogP contribution is -2.53. The van der Waals surface area contributed by atoms with E-state index in [0.717, 1.165) is 21.0 Å². The third-order valence-electron chi connectivity index (χ3n) is 7.35. The first-order valence-corrected chi connectivity index (χ1v) is 16.4. The Morgan fingerprint density at radius 3 is 2.07 bits per heavy atom. The van der Waals surface area contributed by atoms with Gasteiger partial charge < -0.3 is 10.2 Å². The molecule has 0 bridgehead atoms. The highest BCUT2D eigenvalue weighted by Crippen LogP contribution is 2.28. The molecule has 0 aliphatic carbocycles. The van der Waals surface area contributed by atoms with Gasteiger partial charge in [0.15, 0.2) is 0 Å². The van der Waals surface area contributed by atoms with Crippen molar-refractivity contribution in [1.29, 1.82) is 0 Å². The van der Waals surface area contributed by atoms with E-state index in [0.29, 0.717) is 27.8 Å². The first kappa shape index (κ1) is 33.1. The predicted octanol–water partition coefficient (Wildman–Crippen LogP) is 6.58. The second kappa shape index (κ2) is 14.8. The van der Waals surface area contributed by atoms with Crippen LogP contribution in [0.2, 0.25) is 10.0 Å². The molecule has 1 unspecified atom stereocenters. The molecule has 10 heteroatoms. The minimum Gasteiger partial charge on any atom is -0.355 e. The third-order valence-corrected chi connectivity index (χ3v) is 9.87. The molecule has 0 heterocycles. The summed E-state index contributed by atoms with van der Waals surface area (Å²) in [6, 6.07) is 26.7. The van der Waals surface area contributed by atoms with Gasteiger partial charge in [-0.05, 0) is 79.4 Å². The lowest BCUT2D eigenvalue weighted by atomic mass is 10.0. The van der Waals surface area contributed by atoms with Gasteiger partial charge in [0, 0.05) is 19.5 Å². The number of likely N-dealkylation sites (N-methyl/N-ethyl adjacent to an activating group) is 1. The zero-order valence-corrected chi connectivity index (χ0v) is 27.2. The van der Waals surface area contributed by atoms with Gasteiger partial charge in [-0.3, -0.25) is 13.9 Å². The Bertz CT molecular complexity index is 1720. The summed E-state index contributed by atoms with van der Waals surface area (Å²) in [5.74, 6) is -0.908. The summed E-state index contributed by atoms with van der Waals surface area (Å²) in [7, 11) is -4.17. The number of hydrogen-bond donors (Lipinski definition) is 1. The normalized spacial score (nSPS) is 11.9. The number of nitrogens with zero attached hydrogens (tertiary/aromatic N) is 2. The lowest BCUT2D eigenvalue weighted by molar-refractivity contribution is -0.140. The number of aryl methyl sites for hydroxylation is 2. The van der Waals surface area contributed by atoms with Crippen molar-refractivity contribution >= 4 is 50.7 Å². The van der Waals surface area contributed by atoms with E-state index in [1.165, 1.54) is 17.0 Å². The van der Waals surface area contributed by atoms with Crippen LogP contribution in [0, 0.1) is 13.8 Å². The fourth-order valence-electron chi connectivity index (χ4n) is 4.81. The minimum absolute atomic E-state index is 0.00347. The van der Waals surface area contributed by atoms with E-state index >= 15 is 0 Å². The van der Waals surface area contributed by atoms with Gasteiger partial charge in [0.25, 0.3) is 10.0 Å². The van der Waals surface area contributed by atoms with Crippen molar-refractivity contribution in [3.05, 3.63) is 129 Å². The number of carbonyl (C=O) groups excluding carboxylic acids is 2. The number of rotatable bonds is 12. The monoisotopic (exact) mass is 651 g/mol. The molecule has 0 fully saturated rings. The fourth-order valence-corrected chi connectivity index (χ4v) is 6.56. The summed E-state index contributed by atoms with van der Waals surface area (Å²) in [5.41, 5.74) is 3.69. The largest absolute Gasteiger partial charge is 0.355 e. The predicted molar refractivity (Wildman–Crippen MR) is 177 cm³/mol. The number of sulfonamides is 1. The number of amides is 2. The SMILES string of the molecule is CCNC(=O)C(Cc1ccccc1)N(Cc1ccc(Cl)c(Cl)c1)C(=O)CN(c1ccc(C)c(C)c1)S(=O)(=O)c1ccccc1. The molecule has 1 N–H and O–H groups in total. The van der Waals surface area contributed by atoms with Crippen LogP contribution in [-0.2, 0) is 32.6 Å². The molecule has 0 aliphatic heterocycles. The molecule has 0 spiro atoms. The molecule has 1 atom stereocenters. The van der Waals surface area contributed by atoms with Crippen molar-refractivity contribution in [2.24, 2.45) is 0 Å². The number of halogens is 2. The van der Waals surface area contributed by atoms with Gasteiger partial charge in [-0.25, -0.2) is 8.42 Å². The third kappa shape index (κ3) is 8.00. The molecular weight excluding hydrogens is 617 g/mol. The number of carbonyl (C=O) groups is 2. The Hall–Kier alpha value is -3.85. The van der Waals surface area contributed by atoms with Crippen molar-refractivity contribution in [2.75, 3.05) is 17.4 Å². The maximum Gasteiger partial charge on any atom is 0.264 e. The average Bonchev–Trinajstić information content (AvgIpc) is 3.01. The molecule has 44 heavy (non-hydrogen) atoms. The van der Waals surface area contributed by atoms with Crippen LogP contribution in [0.1, 0.15) is 29.2 Å². The van der Waals surface area contributed by atoms with Gasteiger partial charge in [-0.1, -0.05) is 83.9 Å². The molecule has 4 aromatic carbocycles. The summed E-state index contributed by atoms with van der Waals surface area (Å²) in [6.07, 6.45) is 0.217. The van der Waals surface area contributed by atoms with Crippen molar-refractivity contribution in [3.8, 4) is 0 Å². The number of nitrogens with one attached hydrogen (secondary N) is 1. The van der Waals surface area contributed by atoms with Crippen LogP contribution in [0.3, 0.4) is 0 Å². The molecule has 230 valence electrons. The molecule has 4 aromatic rings. The maximum atomic E-state index is 14.4. The summed E-state index contributed by atoms with van der Waals surface area (Å²) in [5, 5.41) is 3.51. The van der Waals surface area contributed by atoms with Crippen LogP contribution < -0.4 is 9.62 Å². The van der Waals surface area contributed by atoms with Crippen LogP contribution in [0.15, 0.2) is 102 Å². The summed E-state index contributed by atoms with van der Waals surface area (Å²) < 4.78 is 29.2. The Morgan fingerprint density at radius 2 is 1.45 bits per heavy atom. The van der Waals surface area contributed by atoms with Gasteiger partial charge in [0.1, 0.15) is 12.6 Å². The van der Waals surface area contributed by atoms with Crippen molar-refractivity contribution in [3.63, 3.8) is 0 Å². The topological polar surface area (TPSA) is 86.8 Å². The highest BCUT2D eigenvalue weighted by Gasteiger charge is 2.34. The zero-order valence-electron chi connectivity index (χ0n) is 24.8. The molecule has 0 aliphatic rings. The molecule has 2 amide bonds. The first-order chi connectivity index (χ1) is 21.0. The number of benzene rings is 4. The van der Waals surface area contributed by atoms with E-state index in [-0.39, 0.29) is 23.8 Å². The van der Waals surface area contributed by atoms with Crippen molar-refractivity contribution in [1.82, 2.24) is 10.2 Å². The van der Waals surface area contributed by atoms with Gasteiger partial charge in [-0.2, -0.15) is 0 Å². The molecule has 0 saturated heterocycles. The van der Waals surface area contributed by atoms with Crippen LogP contribution in [0.25, 0.3) is 0 Å². The summed E-state index contributed by atoms with van der Waals surface area (Å²) in [6.45, 7) is 5.43. The van der Waals surface area contributed by atoms with Crippen LogP contribution >= 0.6 is 23.2 Å². The Labute approximate surface area is 269 Å². The van der Waals surface area contributed by atoms with Crippen molar-refractivity contribution in [2.45, 2.75) is 44.7 Å². The molecular formula is C34H35Cl2N3O4S.